The van der Waals surface area contributed by atoms with Crippen LogP contribution in [-0.2, 0) is 0 Å². The lowest BCUT2D eigenvalue weighted by atomic mass is 10.1. The van der Waals surface area contributed by atoms with E-state index in [-0.39, 0.29) is 0 Å². The molecule has 0 atom stereocenters. The van der Waals surface area contributed by atoms with Crippen LogP contribution in [0.4, 0.5) is 0 Å². The Morgan fingerprint density at radius 1 is 1.45 bits per heavy atom. The van der Waals surface area contributed by atoms with Gasteiger partial charge in [-0.2, -0.15) is 0 Å². The molecule has 1 N–H and O–H groups in total. The summed E-state index contributed by atoms with van der Waals surface area (Å²) in [6.07, 6.45) is 1.29. The van der Waals surface area contributed by atoms with Crippen molar-refractivity contribution in [1.82, 2.24) is 10.2 Å². The van der Waals surface area contributed by atoms with Crippen molar-refractivity contribution >= 4 is 0 Å². The molecule has 2 heteroatoms. The molecular weight excluding hydrogens is 136 g/mol. The van der Waals surface area contributed by atoms with Gasteiger partial charge in [0.2, 0.25) is 0 Å². The molecule has 0 aromatic heterocycles. The van der Waals surface area contributed by atoms with Gasteiger partial charge in [0.15, 0.2) is 0 Å². The Morgan fingerprint density at radius 2 is 2.18 bits per heavy atom. The standard InChI is InChI=1S/C9H20N2/c1-4-11-7-5-6-10-9(2,3)8-11/h10H,4-8H2,1-3H3. The van der Waals surface area contributed by atoms with Crippen LogP contribution in [0, 0.1) is 0 Å². The summed E-state index contributed by atoms with van der Waals surface area (Å²) < 4.78 is 0. The van der Waals surface area contributed by atoms with Gasteiger partial charge in [-0.25, -0.2) is 0 Å². The molecule has 0 radical (unpaired) electrons. The van der Waals surface area contributed by atoms with Gasteiger partial charge < -0.3 is 10.2 Å². The predicted octanol–water partition coefficient (Wildman–Crippen LogP) is 1.08. The van der Waals surface area contributed by atoms with Gasteiger partial charge >= 0.3 is 0 Å². The van der Waals surface area contributed by atoms with E-state index in [9.17, 15) is 0 Å². The number of hydrogen-bond donors (Lipinski definition) is 1. The van der Waals surface area contributed by atoms with Gasteiger partial charge in [0, 0.05) is 12.1 Å². The zero-order valence-electron chi connectivity index (χ0n) is 7.98. The van der Waals surface area contributed by atoms with E-state index in [1.165, 1.54) is 32.6 Å². The number of rotatable bonds is 1. The topological polar surface area (TPSA) is 15.3 Å². The smallest absolute Gasteiger partial charge is 0.0252 e. The molecule has 1 saturated heterocycles. The van der Waals surface area contributed by atoms with Crippen molar-refractivity contribution in [3.63, 3.8) is 0 Å². The Bertz CT molecular complexity index is 121. The van der Waals surface area contributed by atoms with Crippen LogP contribution in [0.3, 0.4) is 0 Å². The van der Waals surface area contributed by atoms with E-state index < -0.39 is 0 Å². The predicted molar refractivity (Wildman–Crippen MR) is 48.8 cm³/mol. The van der Waals surface area contributed by atoms with Crippen LogP contribution < -0.4 is 5.32 Å². The molecule has 0 aromatic rings. The van der Waals surface area contributed by atoms with E-state index in [0.717, 1.165) is 0 Å². The number of nitrogens with one attached hydrogen (secondary N) is 1. The molecule has 1 fully saturated rings. The van der Waals surface area contributed by atoms with Crippen molar-refractivity contribution in [3.8, 4) is 0 Å². The lowest BCUT2D eigenvalue weighted by Gasteiger charge is -2.29. The Hall–Kier alpha value is -0.0800. The van der Waals surface area contributed by atoms with Crippen molar-refractivity contribution in [2.75, 3.05) is 26.2 Å². The SMILES string of the molecule is CCN1CCCNC(C)(C)C1. The maximum Gasteiger partial charge on any atom is 0.0252 e. The van der Waals surface area contributed by atoms with Gasteiger partial charge in [0.25, 0.3) is 0 Å². The van der Waals surface area contributed by atoms with Crippen molar-refractivity contribution < 1.29 is 0 Å². The van der Waals surface area contributed by atoms with E-state index in [4.69, 9.17) is 0 Å². The first kappa shape index (κ1) is 9.01. The maximum atomic E-state index is 3.54. The molecule has 11 heavy (non-hydrogen) atoms. The highest BCUT2D eigenvalue weighted by Gasteiger charge is 2.22. The van der Waals surface area contributed by atoms with Crippen molar-refractivity contribution in [3.05, 3.63) is 0 Å². The summed E-state index contributed by atoms with van der Waals surface area (Å²) in [6, 6.07) is 0. The average molecular weight is 156 g/mol. The molecule has 1 heterocycles. The molecular formula is C9H20N2. The third kappa shape index (κ3) is 2.80. The highest BCUT2D eigenvalue weighted by atomic mass is 15.2. The fraction of sp³-hybridized carbons (Fsp3) is 1.00. The zero-order valence-corrected chi connectivity index (χ0v) is 7.98. The second-order valence-corrected chi connectivity index (χ2v) is 4.03. The second-order valence-electron chi connectivity index (χ2n) is 4.03. The van der Waals surface area contributed by atoms with Crippen molar-refractivity contribution in [2.24, 2.45) is 0 Å². The molecule has 1 aliphatic heterocycles. The van der Waals surface area contributed by atoms with Crippen LogP contribution in [0.1, 0.15) is 27.2 Å². The molecule has 1 aliphatic rings. The van der Waals surface area contributed by atoms with E-state index in [0.29, 0.717) is 5.54 Å². The summed E-state index contributed by atoms with van der Waals surface area (Å²) in [7, 11) is 0. The lowest BCUT2D eigenvalue weighted by molar-refractivity contribution is 0.241. The highest BCUT2D eigenvalue weighted by Crippen LogP contribution is 2.09. The number of hydrogen-bond acceptors (Lipinski definition) is 2. The zero-order chi connectivity index (χ0) is 8.32. The molecule has 0 unspecified atom stereocenters. The average Bonchev–Trinajstić information content (AvgIpc) is 2.10. The van der Waals surface area contributed by atoms with E-state index >= 15 is 0 Å². The van der Waals surface area contributed by atoms with E-state index in [1.807, 2.05) is 0 Å². The van der Waals surface area contributed by atoms with Gasteiger partial charge in [-0.15, -0.1) is 0 Å². The second kappa shape index (κ2) is 3.55. The van der Waals surface area contributed by atoms with Crippen LogP contribution >= 0.6 is 0 Å². The maximum absolute atomic E-state index is 3.54. The molecule has 66 valence electrons. The summed E-state index contributed by atoms with van der Waals surface area (Å²) in [5.41, 5.74) is 0.312. The summed E-state index contributed by atoms with van der Waals surface area (Å²) in [4.78, 5) is 2.51. The fourth-order valence-electron chi connectivity index (χ4n) is 1.69. The Morgan fingerprint density at radius 3 is 2.82 bits per heavy atom. The molecule has 0 saturated carbocycles. The molecule has 0 spiro atoms. The van der Waals surface area contributed by atoms with E-state index in [2.05, 4.69) is 31.0 Å². The van der Waals surface area contributed by atoms with Crippen LogP contribution in [-0.4, -0.2) is 36.6 Å². The first-order chi connectivity index (χ1) is 5.14. The molecule has 0 aromatic carbocycles. The molecule has 0 bridgehead atoms. The Kier molecular flexibility index (Phi) is 2.90. The molecule has 0 aliphatic carbocycles. The first-order valence-electron chi connectivity index (χ1n) is 4.61. The molecule has 0 amide bonds. The quantitative estimate of drug-likeness (QED) is 0.611. The fourth-order valence-corrected chi connectivity index (χ4v) is 1.69. The third-order valence-corrected chi connectivity index (χ3v) is 2.32. The van der Waals surface area contributed by atoms with Gasteiger partial charge in [-0.1, -0.05) is 6.92 Å². The van der Waals surface area contributed by atoms with Crippen LogP contribution in [0.25, 0.3) is 0 Å². The summed E-state index contributed by atoms with van der Waals surface area (Å²) in [5.74, 6) is 0. The largest absolute Gasteiger partial charge is 0.310 e. The lowest BCUT2D eigenvalue weighted by Crippen LogP contribution is -2.46. The normalized spacial score (nSPS) is 26.5. The van der Waals surface area contributed by atoms with Gasteiger partial charge in [-0.3, -0.25) is 0 Å². The Labute approximate surface area is 70.0 Å². The van der Waals surface area contributed by atoms with Crippen LogP contribution in [0.5, 0.6) is 0 Å². The van der Waals surface area contributed by atoms with Crippen LogP contribution in [0.15, 0.2) is 0 Å². The van der Waals surface area contributed by atoms with E-state index in [1.54, 1.807) is 0 Å². The summed E-state index contributed by atoms with van der Waals surface area (Å²) >= 11 is 0. The van der Waals surface area contributed by atoms with Gasteiger partial charge in [0.1, 0.15) is 0 Å². The highest BCUT2D eigenvalue weighted by molar-refractivity contribution is 4.84. The van der Waals surface area contributed by atoms with Gasteiger partial charge in [-0.05, 0) is 39.9 Å². The minimum atomic E-state index is 0.312. The van der Waals surface area contributed by atoms with Crippen molar-refractivity contribution in [1.29, 1.82) is 0 Å². The minimum absolute atomic E-state index is 0.312. The van der Waals surface area contributed by atoms with Crippen molar-refractivity contribution in [2.45, 2.75) is 32.7 Å². The minimum Gasteiger partial charge on any atom is -0.310 e. The number of nitrogens with zero attached hydrogens (tertiary/aromatic N) is 1. The van der Waals surface area contributed by atoms with Crippen LogP contribution in [0.2, 0.25) is 0 Å². The number of likely N-dealkylation sites (N-methyl/N-ethyl adjacent to an activating group) is 1. The van der Waals surface area contributed by atoms with Gasteiger partial charge in [0.05, 0.1) is 0 Å². The molecule has 2 nitrogen and oxygen atoms in total. The first-order valence-corrected chi connectivity index (χ1v) is 4.61. The third-order valence-electron chi connectivity index (χ3n) is 2.32. The summed E-state index contributed by atoms with van der Waals surface area (Å²) in [5, 5.41) is 3.54. The Balaban J connectivity index is 2.47. The summed E-state index contributed by atoms with van der Waals surface area (Å²) in [6.45, 7) is 11.6. The molecule has 1 rings (SSSR count). The monoisotopic (exact) mass is 156 g/mol.